The van der Waals surface area contributed by atoms with Gasteiger partial charge >= 0.3 is 5.97 Å². The zero-order valence-electron chi connectivity index (χ0n) is 10.0. The summed E-state index contributed by atoms with van der Waals surface area (Å²) in [6, 6.07) is 4.92. The van der Waals surface area contributed by atoms with Crippen LogP contribution in [0.2, 0.25) is 0 Å². The number of anilines is 1. The molecule has 0 bridgehead atoms. The number of rotatable bonds is 5. The molecule has 0 unspecified atom stereocenters. The van der Waals surface area contributed by atoms with E-state index < -0.39 is 5.97 Å². The van der Waals surface area contributed by atoms with Gasteiger partial charge in [0.05, 0.1) is 5.56 Å². The molecule has 0 aliphatic carbocycles. The van der Waals surface area contributed by atoms with Crippen LogP contribution in [0, 0.1) is 0 Å². The van der Waals surface area contributed by atoms with Gasteiger partial charge in [0.1, 0.15) is 6.54 Å². The van der Waals surface area contributed by atoms with Crippen molar-refractivity contribution >= 4 is 33.5 Å². The van der Waals surface area contributed by atoms with Gasteiger partial charge in [0.15, 0.2) is 0 Å². The van der Waals surface area contributed by atoms with Gasteiger partial charge in [-0.05, 0) is 24.6 Å². The van der Waals surface area contributed by atoms with Crippen molar-refractivity contribution in [2.75, 3.05) is 18.8 Å². The molecule has 0 radical (unpaired) electrons. The van der Waals surface area contributed by atoms with Crippen LogP contribution in [-0.4, -0.2) is 35.0 Å². The first-order valence-corrected chi connectivity index (χ1v) is 6.31. The van der Waals surface area contributed by atoms with E-state index in [-0.39, 0.29) is 12.5 Å². The Hall–Kier alpha value is -1.56. The molecule has 6 heteroatoms. The number of hydrogen-bond donors (Lipinski definition) is 2. The van der Waals surface area contributed by atoms with E-state index in [4.69, 9.17) is 10.8 Å². The predicted molar refractivity (Wildman–Crippen MR) is 72.4 cm³/mol. The number of hydrogen-bond acceptors (Lipinski definition) is 3. The van der Waals surface area contributed by atoms with Gasteiger partial charge in [0, 0.05) is 16.7 Å². The van der Waals surface area contributed by atoms with E-state index >= 15 is 0 Å². The predicted octanol–water partition coefficient (Wildman–Crippen LogP) is 1.97. The molecule has 0 aliphatic rings. The van der Waals surface area contributed by atoms with Crippen molar-refractivity contribution in [3.8, 4) is 0 Å². The lowest BCUT2D eigenvalue weighted by Gasteiger charge is -2.20. The second kappa shape index (κ2) is 6.39. The van der Waals surface area contributed by atoms with Crippen LogP contribution in [0.25, 0.3) is 0 Å². The maximum absolute atomic E-state index is 12.2. The minimum atomic E-state index is -1.03. The number of halogens is 1. The van der Waals surface area contributed by atoms with Crippen molar-refractivity contribution in [3.63, 3.8) is 0 Å². The lowest BCUT2D eigenvalue weighted by Crippen LogP contribution is -2.36. The van der Waals surface area contributed by atoms with E-state index in [0.717, 1.165) is 4.47 Å². The Labute approximate surface area is 114 Å². The molecule has 0 aliphatic heterocycles. The van der Waals surface area contributed by atoms with E-state index in [1.54, 1.807) is 18.2 Å². The van der Waals surface area contributed by atoms with Gasteiger partial charge in [0.25, 0.3) is 5.91 Å². The van der Waals surface area contributed by atoms with Gasteiger partial charge in [-0.3, -0.25) is 9.59 Å². The fraction of sp³-hybridized carbons (Fsp3) is 0.333. The molecule has 1 amide bonds. The number of carboxylic acids is 1. The normalized spacial score (nSPS) is 10.1. The lowest BCUT2D eigenvalue weighted by atomic mass is 10.1. The molecule has 3 N–H and O–H groups in total. The third-order valence-corrected chi connectivity index (χ3v) is 2.84. The van der Waals surface area contributed by atoms with E-state index in [0.29, 0.717) is 24.2 Å². The molecule has 0 heterocycles. The summed E-state index contributed by atoms with van der Waals surface area (Å²) in [7, 11) is 0. The quantitative estimate of drug-likeness (QED) is 0.814. The van der Waals surface area contributed by atoms with Crippen molar-refractivity contribution in [1.82, 2.24) is 4.90 Å². The Morgan fingerprint density at radius 1 is 1.44 bits per heavy atom. The zero-order chi connectivity index (χ0) is 13.7. The lowest BCUT2D eigenvalue weighted by molar-refractivity contribution is -0.137. The maximum atomic E-state index is 12.2. The van der Waals surface area contributed by atoms with Crippen molar-refractivity contribution in [2.24, 2.45) is 0 Å². The first-order valence-electron chi connectivity index (χ1n) is 5.51. The van der Waals surface area contributed by atoms with E-state index in [1.165, 1.54) is 4.90 Å². The van der Waals surface area contributed by atoms with Crippen LogP contribution in [0.4, 0.5) is 5.69 Å². The number of amides is 1. The van der Waals surface area contributed by atoms with Crippen molar-refractivity contribution in [3.05, 3.63) is 28.2 Å². The van der Waals surface area contributed by atoms with Crippen LogP contribution in [0.3, 0.4) is 0 Å². The third kappa shape index (κ3) is 3.73. The number of carbonyl (C=O) groups is 2. The van der Waals surface area contributed by atoms with Gasteiger partial charge < -0.3 is 15.7 Å². The molecule has 0 fully saturated rings. The molecule has 1 aromatic carbocycles. The van der Waals surface area contributed by atoms with Crippen LogP contribution in [-0.2, 0) is 4.79 Å². The first-order chi connectivity index (χ1) is 8.45. The largest absolute Gasteiger partial charge is 0.480 e. The van der Waals surface area contributed by atoms with E-state index in [2.05, 4.69) is 15.9 Å². The third-order valence-electron chi connectivity index (χ3n) is 2.35. The number of aliphatic carboxylic acids is 1. The summed E-state index contributed by atoms with van der Waals surface area (Å²) in [5, 5.41) is 8.79. The summed E-state index contributed by atoms with van der Waals surface area (Å²) < 4.78 is 0.775. The molecular weight excluding hydrogens is 300 g/mol. The molecule has 0 aromatic heterocycles. The van der Waals surface area contributed by atoms with Gasteiger partial charge in [-0.2, -0.15) is 0 Å². The fourth-order valence-electron chi connectivity index (χ4n) is 1.58. The maximum Gasteiger partial charge on any atom is 0.323 e. The summed E-state index contributed by atoms with van der Waals surface area (Å²) in [6.45, 7) is 1.95. The number of nitrogen functional groups attached to an aromatic ring is 1. The molecule has 98 valence electrons. The summed E-state index contributed by atoms with van der Waals surface area (Å²) in [5.74, 6) is -1.39. The first kappa shape index (κ1) is 14.5. The van der Waals surface area contributed by atoms with Gasteiger partial charge in [0.2, 0.25) is 0 Å². The second-order valence-electron chi connectivity index (χ2n) is 3.85. The minimum absolute atomic E-state index is 0.317. The fourth-order valence-corrected chi connectivity index (χ4v) is 1.96. The smallest absolute Gasteiger partial charge is 0.323 e. The molecule has 18 heavy (non-hydrogen) atoms. The Morgan fingerprint density at radius 3 is 2.61 bits per heavy atom. The van der Waals surface area contributed by atoms with Gasteiger partial charge in [-0.25, -0.2) is 0 Å². The van der Waals surface area contributed by atoms with Gasteiger partial charge in [-0.15, -0.1) is 0 Å². The molecule has 1 rings (SSSR count). The van der Waals surface area contributed by atoms with Crippen molar-refractivity contribution in [1.29, 1.82) is 0 Å². The molecule has 0 spiro atoms. The summed E-state index contributed by atoms with van der Waals surface area (Å²) in [6.07, 6.45) is 0.690. The minimum Gasteiger partial charge on any atom is -0.480 e. The van der Waals surface area contributed by atoms with Crippen molar-refractivity contribution in [2.45, 2.75) is 13.3 Å². The van der Waals surface area contributed by atoms with Crippen LogP contribution < -0.4 is 5.73 Å². The number of benzene rings is 1. The Bertz CT molecular complexity index is 463. The van der Waals surface area contributed by atoms with Crippen LogP contribution in [0.5, 0.6) is 0 Å². The topological polar surface area (TPSA) is 83.6 Å². The summed E-state index contributed by atoms with van der Waals surface area (Å²) >= 11 is 3.25. The molecule has 0 atom stereocenters. The molecule has 1 aromatic rings. The number of carboxylic acid groups (broad SMARTS) is 1. The Morgan fingerprint density at radius 2 is 2.11 bits per heavy atom. The summed E-state index contributed by atoms with van der Waals surface area (Å²) in [5.41, 5.74) is 6.42. The molecular formula is C12H15BrN2O3. The number of carbonyl (C=O) groups excluding carboxylic acids is 1. The van der Waals surface area contributed by atoms with Gasteiger partial charge in [-0.1, -0.05) is 22.9 Å². The Kier molecular flexibility index (Phi) is 5.15. The van der Waals surface area contributed by atoms with Crippen LogP contribution >= 0.6 is 15.9 Å². The second-order valence-corrected chi connectivity index (χ2v) is 4.77. The standard InChI is InChI=1S/C12H15BrN2O3/c1-2-5-15(7-11(16)17)12(18)9-4-3-8(13)6-10(9)14/h3-4,6H,2,5,7,14H2,1H3,(H,16,17). The van der Waals surface area contributed by atoms with Crippen molar-refractivity contribution < 1.29 is 14.7 Å². The Balaban J connectivity index is 2.97. The number of nitrogens with two attached hydrogens (primary N) is 1. The molecule has 0 saturated carbocycles. The molecule has 0 saturated heterocycles. The SMILES string of the molecule is CCCN(CC(=O)O)C(=O)c1ccc(Br)cc1N. The highest BCUT2D eigenvalue weighted by Gasteiger charge is 2.19. The highest BCUT2D eigenvalue weighted by molar-refractivity contribution is 9.10. The highest BCUT2D eigenvalue weighted by Crippen LogP contribution is 2.20. The highest BCUT2D eigenvalue weighted by atomic mass is 79.9. The average molecular weight is 315 g/mol. The van der Waals surface area contributed by atoms with Crippen LogP contribution in [0.1, 0.15) is 23.7 Å². The van der Waals surface area contributed by atoms with E-state index in [1.807, 2.05) is 6.92 Å². The average Bonchev–Trinajstić information content (AvgIpc) is 2.27. The number of nitrogens with zero attached hydrogens (tertiary/aromatic N) is 1. The summed E-state index contributed by atoms with van der Waals surface area (Å²) in [4.78, 5) is 24.2. The van der Waals surface area contributed by atoms with E-state index in [9.17, 15) is 9.59 Å². The molecule has 5 nitrogen and oxygen atoms in total. The monoisotopic (exact) mass is 314 g/mol. The zero-order valence-corrected chi connectivity index (χ0v) is 11.6. The van der Waals surface area contributed by atoms with Crippen LogP contribution in [0.15, 0.2) is 22.7 Å².